The first kappa shape index (κ1) is 12.8. The molecule has 0 amide bonds. The molecule has 2 rings (SSSR count). The molecule has 0 fully saturated rings. The van der Waals surface area contributed by atoms with Crippen molar-refractivity contribution in [3.05, 3.63) is 53.6 Å². The van der Waals surface area contributed by atoms with Crippen molar-refractivity contribution in [1.82, 2.24) is 15.3 Å². The van der Waals surface area contributed by atoms with E-state index in [0.29, 0.717) is 0 Å². The van der Waals surface area contributed by atoms with Crippen molar-refractivity contribution in [2.75, 3.05) is 6.54 Å². The predicted molar refractivity (Wildman–Crippen MR) is 74.5 cm³/mol. The average Bonchev–Trinajstić information content (AvgIpc) is 2.94. The van der Waals surface area contributed by atoms with Gasteiger partial charge >= 0.3 is 0 Å². The first-order valence-corrected chi connectivity index (χ1v) is 6.66. The van der Waals surface area contributed by atoms with E-state index in [1.54, 1.807) is 6.20 Å². The minimum Gasteiger partial charge on any atom is -0.347 e. The lowest BCUT2D eigenvalue weighted by Gasteiger charge is -2.17. The minimum absolute atomic E-state index is 0.158. The number of nitrogens with zero attached hydrogens (tertiary/aromatic N) is 1. The van der Waals surface area contributed by atoms with E-state index in [4.69, 9.17) is 0 Å². The number of nitrogens with one attached hydrogen (secondary N) is 2. The van der Waals surface area contributed by atoms with Gasteiger partial charge in [-0.1, -0.05) is 38.1 Å². The SMILES string of the molecule is CCCNC(c1ccc(CC)cc1)c1ncc[nH]1. The minimum atomic E-state index is 0.158. The molecule has 0 saturated heterocycles. The Balaban J connectivity index is 2.21. The molecule has 3 heteroatoms. The second-order valence-electron chi connectivity index (χ2n) is 4.46. The van der Waals surface area contributed by atoms with Crippen LogP contribution in [0, 0.1) is 0 Å². The molecule has 2 aromatic rings. The average molecular weight is 243 g/mol. The zero-order valence-electron chi connectivity index (χ0n) is 11.1. The third-order valence-electron chi connectivity index (χ3n) is 3.11. The maximum Gasteiger partial charge on any atom is 0.127 e. The Kier molecular flexibility index (Phi) is 4.53. The zero-order valence-corrected chi connectivity index (χ0v) is 11.1. The first-order valence-electron chi connectivity index (χ1n) is 6.66. The molecular formula is C15H21N3. The fraction of sp³-hybridized carbons (Fsp3) is 0.400. The fourth-order valence-corrected chi connectivity index (χ4v) is 2.04. The van der Waals surface area contributed by atoms with Gasteiger partial charge in [0.25, 0.3) is 0 Å². The summed E-state index contributed by atoms with van der Waals surface area (Å²) in [5.41, 5.74) is 2.63. The lowest BCUT2D eigenvalue weighted by Crippen LogP contribution is -2.24. The molecule has 0 aliphatic rings. The summed E-state index contributed by atoms with van der Waals surface area (Å²) >= 11 is 0. The molecule has 0 aliphatic carbocycles. The number of imidazole rings is 1. The maximum atomic E-state index is 4.37. The second-order valence-corrected chi connectivity index (χ2v) is 4.46. The molecule has 1 aromatic carbocycles. The van der Waals surface area contributed by atoms with Crippen LogP contribution in [0.25, 0.3) is 0 Å². The van der Waals surface area contributed by atoms with Crippen LogP contribution in [0.2, 0.25) is 0 Å². The van der Waals surface area contributed by atoms with Crippen molar-refractivity contribution < 1.29 is 0 Å². The summed E-state index contributed by atoms with van der Waals surface area (Å²) in [6.45, 7) is 5.33. The molecule has 1 atom stereocenters. The van der Waals surface area contributed by atoms with Crippen LogP contribution in [0.1, 0.15) is 43.3 Å². The highest BCUT2D eigenvalue weighted by molar-refractivity contribution is 5.28. The van der Waals surface area contributed by atoms with E-state index in [2.05, 4.69) is 53.4 Å². The molecule has 0 saturated carbocycles. The van der Waals surface area contributed by atoms with E-state index in [1.165, 1.54) is 11.1 Å². The lowest BCUT2D eigenvalue weighted by molar-refractivity contribution is 0.576. The van der Waals surface area contributed by atoms with E-state index < -0.39 is 0 Å². The Labute approximate surface area is 109 Å². The molecule has 1 unspecified atom stereocenters. The van der Waals surface area contributed by atoms with Crippen LogP contribution in [0.5, 0.6) is 0 Å². The van der Waals surface area contributed by atoms with Gasteiger partial charge in [-0.25, -0.2) is 4.98 Å². The molecule has 0 spiro atoms. The summed E-state index contributed by atoms with van der Waals surface area (Å²) < 4.78 is 0. The van der Waals surface area contributed by atoms with Gasteiger partial charge < -0.3 is 10.3 Å². The van der Waals surface area contributed by atoms with E-state index in [9.17, 15) is 0 Å². The molecule has 1 aromatic heterocycles. The van der Waals surface area contributed by atoms with Crippen LogP contribution < -0.4 is 5.32 Å². The predicted octanol–water partition coefficient (Wildman–Crippen LogP) is 3.06. The maximum absolute atomic E-state index is 4.37. The quantitative estimate of drug-likeness (QED) is 0.818. The van der Waals surface area contributed by atoms with Crippen LogP contribution in [0.4, 0.5) is 0 Å². The van der Waals surface area contributed by atoms with Crippen LogP contribution in [-0.4, -0.2) is 16.5 Å². The van der Waals surface area contributed by atoms with Crippen molar-refractivity contribution in [2.24, 2.45) is 0 Å². The summed E-state index contributed by atoms with van der Waals surface area (Å²) in [5.74, 6) is 0.979. The summed E-state index contributed by atoms with van der Waals surface area (Å²) in [4.78, 5) is 7.57. The number of benzene rings is 1. The number of H-pyrrole nitrogens is 1. The third kappa shape index (κ3) is 2.99. The third-order valence-corrected chi connectivity index (χ3v) is 3.11. The van der Waals surface area contributed by atoms with Gasteiger partial charge in [0.1, 0.15) is 5.82 Å². The highest BCUT2D eigenvalue weighted by atomic mass is 15.0. The summed E-state index contributed by atoms with van der Waals surface area (Å²) in [7, 11) is 0. The summed E-state index contributed by atoms with van der Waals surface area (Å²) in [6, 6.07) is 8.92. The topological polar surface area (TPSA) is 40.7 Å². The fourth-order valence-electron chi connectivity index (χ4n) is 2.04. The van der Waals surface area contributed by atoms with Gasteiger partial charge in [-0.3, -0.25) is 0 Å². The van der Waals surface area contributed by atoms with Crippen molar-refractivity contribution in [1.29, 1.82) is 0 Å². The Morgan fingerprint density at radius 1 is 1.22 bits per heavy atom. The van der Waals surface area contributed by atoms with Gasteiger partial charge in [0, 0.05) is 12.4 Å². The molecule has 2 N–H and O–H groups in total. The van der Waals surface area contributed by atoms with Crippen molar-refractivity contribution in [2.45, 2.75) is 32.7 Å². The molecule has 3 nitrogen and oxygen atoms in total. The second kappa shape index (κ2) is 6.36. The highest BCUT2D eigenvalue weighted by Crippen LogP contribution is 2.19. The number of rotatable bonds is 6. The Bertz CT molecular complexity index is 445. The van der Waals surface area contributed by atoms with Gasteiger partial charge in [-0.05, 0) is 30.5 Å². The van der Waals surface area contributed by atoms with Gasteiger partial charge in [-0.2, -0.15) is 0 Å². The van der Waals surface area contributed by atoms with Crippen molar-refractivity contribution in [3.63, 3.8) is 0 Å². The highest BCUT2D eigenvalue weighted by Gasteiger charge is 2.14. The monoisotopic (exact) mass is 243 g/mol. The van der Waals surface area contributed by atoms with E-state index >= 15 is 0 Å². The number of hydrogen-bond acceptors (Lipinski definition) is 2. The molecule has 0 bridgehead atoms. The molecule has 96 valence electrons. The Morgan fingerprint density at radius 3 is 2.56 bits per heavy atom. The molecular weight excluding hydrogens is 222 g/mol. The van der Waals surface area contributed by atoms with Crippen molar-refractivity contribution in [3.8, 4) is 0 Å². The van der Waals surface area contributed by atoms with E-state index in [0.717, 1.165) is 25.2 Å². The lowest BCUT2D eigenvalue weighted by atomic mass is 10.0. The Morgan fingerprint density at radius 2 is 2.00 bits per heavy atom. The molecule has 0 aliphatic heterocycles. The van der Waals surface area contributed by atoms with Crippen LogP contribution in [-0.2, 0) is 6.42 Å². The largest absolute Gasteiger partial charge is 0.347 e. The number of hydrogen-bond donors (Lipinski definition) is 2. The van der Waals surface area contributed by atoms with E-state index in [1.807, 2.05) is 6.20 Å². The first-order chi connectivity index (χ1) is 8.85. The van der Waals surface area contributed by atoms with Crippen LogP contribution in [0.15, 0.2) is 36.7 Å². The smallest absolute Gasteiger partial charge is 0.127 e. The number of aromatic nitrogens is 2. The van der Waals surface area contributed by atoms with Crippen LogP contribution in [0.3, 0.4) is 0 Å². The molecule has 0 radical (unpaired) electrons. The summed E-state index contributed by atoms with van der Waals surface area (Å²) in [6.07, 6.45) is 5.87. The van der Waals surface area contributed by atoms with Gasteiger partial charge in [0.05, 0.1) is 6.04 Å². The van der Waals surface area contributed by atoms with Gasteiger partial charge in [-0.15, -0.1) is 0 Å². The van der Waals surface area contributed by atoms with E-state index in [-0.39, 0.29) is 6.04 Å². The Hall–Kier alpha value is -1.61. The standard InChI is InChI=1S/C15H21N3/c1-3-9-16-14(15-17-10-11-18-15)13-7-5-12(4-2)6-8-13/h5-8,10-11,14,16H,3-4,9H2,1-2H3,(H,17,18). The summed E-state index contributed by atoms with van der Waals surface area (Å²) in [5, 5.41) is 3.53. The van der Waals surface area contributed by atoms with Gasteiger partial charge in [0.2, 0.25) is 0 Å². The van der Waals surface area contributed by atoms with Crippen LogP contribution >= 0.6 is 0 Å². The normalized spacial score (nSPS) is 12.6. The zero-order chi connectivity index (χ0) is 12.8. The number of aromatic amines is 1. The van der Waals surface area contributed by atoms with Crippen molar-refractivity contribution >= 4 is 0 Å². The number of aryl methyl sites for hydroxylation is 1. The molecule has 18 heavy (non-hydrogen) atoms. The van der Waals surface area contributed by atoms with Gasteiger partial charge in [0.15, 0.2) is 0 Å². The molecule has 1 heterocycles.